The Hall–Kier alpha value is -3.17. The van der Waals surface area contributed by atoms with Gasteiger partial charge in [-0.05, 0) is 38.8 Å². The Morgan fingerprint density at radius 1 is 1.16 bits per heavy atom. The molecule has 31 heavy (non-hydrogen) atoms. The first-order valence-electron chi connectivity index (χ1n) is 10.1. The standard InChI is InChI=1S/C21H23F2N5O3/c1-12-14(5-4-10-24-12)16-13(2)25-17(27(16)3)15(29)11-28-18(30)20(26-19(28)31)6-8-21(22,23)9-7-20/h4-5,10H,6-9,11H2,1-3H3,(H,26,31). The van der Waals surface area contributed by atoms with Crippen LogP contribution in [-0.4, -0.2) is 55.2 Å². The first-order chi connectivity index (χ1) is 14.5. The van der Waals surface area contributed by atoms with Crippen LogP contribution in [-0.2, 0) is 11.8 Å². The smallest absolute Gasteiger partial charge is 0.324 e. The molecule has 1 spiro atoms. The molecule has 2 aromatic rings. The molecule has 0 bridgehead atoms. The van der Waals surface area contributed by atoms with Gasteiger partial charge in [-0.25, -0.2) is 18.6 Å². The van der Waals surface area contributed by atoms with Gasteiger partial charge in [0, 0.05) is 37.3 Å². The second-order valence-electron chi connectivity index (χ2n) is 8.25. The largest absolute Gasteiger partial charge is 0.325 e. The molecule has 0 radical (unpaired) electrons. The van der Waals surface area contributed by atoms with Crippen LogP contribution in [0.1, 0.15) is 47.7 Å². The number of Topliss-reactive ketones (excluding diaryl/α,β-unsaturated/α-hetero) is 1. The summed E-state index contributed by atoms with van der Waals surface area (Å²) in [4.78, 5) is 47.7. The van der Waals surface area contributed by atoms with Gasteiger partial charge in [-0.2, -0.15) is 0 Å². The molecule has 8 nitrogen and oxygen atoms in total. The van der Waals surface area contributed by atoms with Crippen LogP contribution in [0.15, 0.2) is 18.3 Å². The fourth-order valence-electron chi connectivity index (χ4n) is 4.41. The highest BCUT2D eigenvalue weighted by atomic mass is 19.3. The van der Waals surface area contributed by atoms with Crippen molar-refractivity contribution < 1.29 is 23.2 Å². The quantitative estimate of drug-likeness (QED) is 0.593. The molecular formula is C21H23F2N5O3. The molecule has 1 aliphatic heterocycles. The van der Waals surface area contributed by atoms with E-state index >= 15 is 0 Å². The molecule has 2 aliphatic rings. The zero-order valence-electron chi connectivity index (χ0n) is 17.5. The summed E-state index contributed by atoms with van der Waals surface area (Å²) in [5.74, 6) is -3.88. The molecule has 10 heteroatoms. The van der Waals surface area contributed by atoms with Crippen LogP contribution in [0.4, 0.5) is 13.6 Å². The lowest BCUT2D eigenvalue weighted by atomic mass is 9.80. The van der Waals surface area contributed by atoms with Crippen molar-refractivity contribution in [3.05, 3.63) is 35.5 Å². The first kappa shape index (κ1) is 21.1. The van der Waals surface area contributed by atoms with Crippen molar-refractivity contribution in [3.63, 3.8) is 0 Å². The highest BCUT2D eigenvalue weighted by Gasteiger charge is 2.55. The average molecular weight is 431 g/mol. The Morgan fingerprint density at radius 2 is 1.84 bits per heavy atom. The SMILES string of the molecule is Cc1ncccc1-c1c(C)nc(C(=O)CN2C(=O)NC3(CCC(F)(F)CC3)C2=O)n1C. The number of aryl methyl sites for hydroxylation is 2. The van der Waals surface area contributed by atoms with Gasteiger partial charge in [0.1, 0.15) is 5.54 Å². The normalized spacial score (nSPS) is 19.7. The highest BCUT2D eigenvalue weighted by Crippen LogP contribution is 2.41. The van der Waals surface area contributed by atoms with Gasteiger partial charge in [0.05, 0.1) is 17.9 Å². The van der Waals surface area contributed by atoms with Crippen LogP contribution >= 0.6 is 0 Å². The monoisotopic (exact) mass is 431 g/mol. The number of urea groups is 1. The second-order valence-corrected chi connectivity index (χ2v) is 8.25. The number of ketones is 1. The lowest BCUT2D eigenvalue weighted by Gasteiger charge is -2.34. The Kier molecular flexibility index (Phi) is 4.90. The van der Waals surface area contributed by atoms with Gasteiger partial charge in [-0.15, -0.1) is 0 Å². The lowest BCUT2D eigenvalue weighted by molar-refractivity contribution is -0.135. The Balaban J connectivity index is 1.57. The maximum atomic E-state index is 13.5. The summed E-state index contributed by atoms with van der Waals surface area (Å²) in [5.41, 5.74) is 1.58. The van der Waals surface area contributed by atoms with Gasteiger partial charge < -0.3 is 9.88 Å². The maximum Gasteiger partial charge on any atom is 0.325 e. The second kappa shape index (κ2) is 7.21. The predicted octanol–water partition coefficient (Wildman–Crippen LogP) is 2.78. The van der Waals surface area contributed by atoms with Crippen LogP contribution in [0, 0.1) is 13.8 Å². The van der Waals surface area contributed by atoms with E-state index in [1.807, 2.05) is 13.0 Å². The Bertz CT molecular complexity index is 1080. The summed E-state index contributed by atoms with van der Waals surface area (Å²) in [6.07, 6.45) is 0.411. The molecule has 1 saturated carbocycles. The van der Waals surface area contributed by atoms with E-state index in [1.165, 1.54) is 0 Å². The van der Waals surface area contributed by atoms with Crippen molar-refractivity contribution in [1.82, 2.24) is 24.8 Å². The zero-order valence-corrected chi connectivity index (χ0v) is 17.5. The van der Waals surface area contributed by atoms with E-state index in [4.69, 9.17) is 0 Å². The lowest BCUT2D eigenvalue weighted by Crippen LogP contribution is -2.51. The van der Waals surface area contributed by atoms with E-state index in [0.29, 0.717) is 5.69 Å². The maximum absolute atomic E-state index is 13.5. The number of rotatable bonds is 4. The number of nitrogens with zero attached hydrogens (tertiary/aromatic N) is 4. The predicted molar refractivity (Wildman–Crippen MR) is 107 cm³/mol. The third kappa shape index (κ3) is 3.49. The fourth-order valence-corrected chi connectivity index (χ4v) is 4.41. The van der Waals surface area contributed by atoms with E-state index in [1.54, 1.807) is 30.8 Å². The number of aromatic nitrogens is 3. The number of alkyl halides is 2. The number of imidazole rings is 1. The van der Waals surface area contributed by atoms with Crippen molar-refractivity contribution in [2.45, 2.75) is 51.0 Å². The van der Waals surface area contributed by atoms with Crippen molar-refractivity contribution in [3.8, 4) is 11.3 Å². The number of amides is 3. The van der Waals surface area contributed by atoms with Crippen molar-refractivity contribution >= 4 is 17.7 Å². The molecule has 1 aliphatic carbocycles. The fraction of sp³-hybridized carbons (Fsp3) is 0.476. The van der Waals surface area contributed by atoms with Crippen molar-refractivity contribution in [1.29, 1.82) is 0 Å². The number of hydrogen-bond donors (Lipinski definition) is 1. The van der Waals surface area contributed by atoms with Gasteiger partial charge in [-0.3, -0.25) is 19.5 Å². The van der Waals surface area contributed by atoms with Crippen LogP contribution in [0.5, 0.6) is 0 Å². The van der Waals surface area contributed by atoms with Gasteiger partial charge in [-0.1, -0.05) is 0 Å². The summed E-state index contributed by atoms with van der Waals surface area (Å²) in [6, 6.07) is 2.93. The summed E-state index contributed by atoms with van der Waals surface area (Å²) >= 11 is 0. The van der Waals surface area contributed by atoms with Crippen LogP contribution in [0.2, 0.25) is 0 Å². The van der Waals surface area contributed by atoms with Crippen LogP contribution < -0.4 is 5.32 Å². The molecule has 2 fully saturated rings. The molecule has 164 valence electrons. The number of carbonyl (C=O) groups is 3. The molecule has 0 unspecified atom stereocenters. The van der Waals surface area contributed by atoms with E-state index < -0.39 is 48.6 Å². The minimum Gasteiger partial charge on any atom is -0.324 e. The molecule has 1 saturated heterocycles. The number of hydrogen-bond acceptors (Lipinski definition) is 5. The minimum atomic E-state index is -2.84. The Labute approximate surface area is 177 Å². The summed E-state index contributed by atoms with van der Waals surface area (Å²) in [7, 11) is 1.69. The third-order valence-electron chi connectivity index (χ3n) is 6.16. The van der Waals surface area contributed by atoms with Gasteiger partial charge in [0.2, 0.25) is 11.7 Å². The summed E-state index contributed by atoms with van der Waals surface area (Å²) < 4.78 is 28.7. The van der Waals surface area contributed by atoms with Crippen LogP contribution in [0.25, 0.3) is 11.3 Å². The topological polar surface area (TPSA) is 97.2 Å². The number of nitrogens with one attached hydrogen (secondary N) is 1. The van der Waals surface area contributed by atoms with Gasteiger partial charge in [0.15, 0.2) is 5.82 Å². The number of halogens is 2. The minimum absolute atomic E-state index is 0.104. The average Bonchev–Trinajstić information content (AvgIpc) is 3.13. The van der Waals surface area contributed by atoms with Crippen LogP contribution in [0.3, 0.4) is 0 Å². The molecular weight excluding hydrogens is 408 g/mol. The van der Waals surface area contributed by atoms with Gasteiger partial charge >= 0.3 is 6.03 Å². The van der Waals surface area contributed by atoms with E-state index in [2.05, 4.69) is 15.3 Å². The van der Waals surface area contributed by atoms with E-state index in [0.717, 1.165) is 21.9 Å². The first-order valence-corrected chi connectivity index (χ1v) is 10.1. The van der Waals surface area contributed by atoms with Gasteiger partial charge in [0.25, 0.3) is 5.91 Å². The third-order valence-corrected chi connectivity index (χ3v) is 6.16. The summed E-state index contributed by atoms with van der Waals surface area (Å²) in [6.45, 7) is 3.12. The van der Waals surface area contributed by atoms with Crippen molar-refractivity contribution in [2.24, 2.45) is 7.05 Å². The van der Waals surface area contributed by atoms with E-state index in [-0.39, 0.29) is 18.7 Å². The zero-order chi connectivity index (χ0) is 22.6. The number of carbonyl (C=O) groups excluding carboxylic acids is 3. The molecule has 0 aromatic carbocycles. The molecule has 4 rings (SSSR count). The molecule has 3 amide bonds. The molecule has 2 aromatic heterocycles. The molecule has 1 N–H and O–H groups in total. The molecule has 3 heterocycles. The van der Waals surface area contributed by atoms with Crippen molar-refractivity contribution in [2.75, 3.05) is 6.54 Å². The number of pyridine rings is 1. The highest BCUT2D eigenvalue weighted by molar-refractivity contribution is 6.10. The molecule has 0 atom stereocenters. The number of imide groups is 1. The Morgan fingerprint density at radius 3 is 2.48 bits per heavy atom. The summed E-state index contributed by atoms with van der Waals surface area (Å²) in [5, 5.41) is 2.54. The van der Waals surface area contributed by atoms with E-state index in [9.17, 15) is 23.2 Å².